The summed E-state index contributed by atoms with van der Waals surface area (Å²) in [6, 6.07) is 0. The van der Waals surface area contributed by atoms with Crippen molar-refractivity contribution in [1.29, 1.82) is 0 Å². The van der Waals surface area contributed by atoms with Gasteiger partial charge in [0.15, 0.2) is 6.29 Å². The topological polar surface area (TPSA) is 35.5 Å². The van der Waals surface area contributed by atoms with Gasteiger partial charge in [-0.3, -0.25) is 4.79 Å². The van der Waals surface area contributed by atoms with Crippen LogP contribution in [-0.2, 0) is 12.8 Å². The van der Waals surface area contributed by atoms with E-state index in [9.17, 15) is 4.79 Å². The molecule has 0 saturated carbocycles. The molecule has 0 spiro atoms. The van der Waals surface area contributed by atoms with Gasteiger partial charge in [-0.15, -0.1) is 0 Å². The van der Waals surface area contributed by atoms with Gasteiger partial charge in [0.25, 0.3) is 0 Å². The maximum absolute atomic E-state index is 11.3. The van der Waals surface area contributed by atoms with Crippen LogP contribution in [0.15, 0.2) is 4.47 Å². The Morgan fingerprint density at radius 2 is 1.71 bits per heavy atom. The highest BCUT2D eigenvalue weighted by Crippen LogP contribution is 2.48. The maximum Gasteiger partial charge on any atom is 0.154 e. The third-order valence-corrected chi connectivity index (χ3v) is 4.16. The van der Waals surface area contributed by atoms with Gasteiger partial charge in [-0.25, -0.2) is 0 Å². The van der Waals surface area contributed by atoms with Crippen LogP contribution in [0.4, 0.5) is 0 Å². The van der Waals surface area contributed by atoms with E-state index in [2.05, 4.69) is 15.9 Å². The molecule has 0 radical (unpaired) electrons. The molecule has 0 saturated heterocycles. The molecule has 4 heteroatoms. The lowest BCUT2D eigenvalue weighted by atomic mass is 9.99. The number of halogens is 1. The Kier molecular flexibility index (Phi) is 2.43. The Morgan fingerprint density at radius 1 is 1.12 bits per heavy atom. The molecule has 0 aromatic heterocycles. The van der Waals surface area contributed by atoms with E-state index in [0.29, 0.717) is 5.56 Å². The molecule has 2 heterocycles. The second-order valence-corrected chi connectivity index (χ2v) is 5.52. The summed E-state index contributed by atoms with van der Waals surface area (Å²) in [5, 5.41) is 0. The number of benzene rings is 1. The highest BCUT2D eigenvalue weighted by molar-refractivity contribution is 9.10. The van der Waals surface area contributed by atoms with Crippen molar-refractivity contribution in [2.45, 2.75) is 38.9 Å². The maximum atomic E-state index is 11.3. The number of aldehydes is 1. The number of carbonyl (C=O) groups is 1. The van der Waals surface area contributed by atoms with Crippen LogP contribution in [0.25, 0.3) is 0 Å². The quantitative estimate of drug-likeness (QED) is 0.748. The van der Waals surface area contributed by atoms with E-state index < -0.39 is 0 Å². The van der Waals surface area contributed by atoms with Crippen molar-refractivity contribution < 1.29 is 14.3 Å². The molecule has 17 heavy (non-hydrogen) atoms. The Morgan fingerprint density at radius 3 is 2.35 bits per heavy atom. The van der Waals surface area contributed by atoms with Crippen molar-refractivity contribution in [1.82, 2.24) is 0 Å². The molecular weight excluding hydrogens is 284 g/mol. The molecule has 0 amide bonds. The van der Waals surface area contributed by atoms with Gasteiger partial charge in [0.05, 0.1) is 10.0 Å². The summed E-state index contributed by atoms with van der Waals surface area (Å²) >= 11 is 3.58. The third kappa shape index (κ3) is 1.50. The summed E-state index contributed by atoms with van der Waals surface area (Å²) in [4.78, 5) is 11.3. The van der Waals surface area contributed by atoms with Gasteiger partial charge in [0, 0.05) is 24.0 Å². The van der Waals surface area contributed by atoms with Crippen LogP contribution in [0.5, 0.6) is 11.5 Å². The number of hydrogen-bond acceptors (Lipinski definition) is 3. The standard InChI is InChI=1S/C13H13BrO3/c1-6-3-8-10(5-15)12-9(4-7(2)16-12)11(14)13(8)17-6/h5-7H,3-4H2,1-2H3. The zero-order valence-corrected chi connectivity index (χ0v) is 11.3. The van der Waals surface area contributed by atoms with E-state index in [1.807, 2.05) is 13.8 Å². The Labute approximate surface area is 108 Å². The molecule has 3 nitrogen and oxygen atoms in total. The average Bonchev–Trinajstić information content (AvgIpc) is 2.83. The second-order valence-electron chi connectivity index (χ2n) is 4.73. The van der Waals surface area contributed by atoms with Crippen molar-refractivity contribution in [3.05, 3.63) is 21.2 Å². The first kappa shape index (κ1) is 11.1. The summed E-state index contributed by atoms with van der Waals surface area (Å²) in [7, 11) is 0. The van der Waals surface area contributed by atoms with Crippen LogP contribution in [-0.4, -0.2) is 18.5 Å². The first-order valence-corrected chi connectivity index (χ1v) is 6.56. The largest absolute Gasteiger partial charge is 0.489 e. The average molecular weight is 297 g/mol. The smallest absolute Gasteiger partial charge is 0.154 e. The molecule has 2 aliphatic rings. The lowest BCUT2D eigenvalue weighted by Gasteiger charge is -2.11. The molecule has 0 fully saturated rings. The van der Waals surface area contributed by atoms with Gasteiger partial charge in [0.1, 0.15) is 23.7 Å². The van der Waals surface area contributed by atoms with Gasteiger partial charge in [0.2, 0.25) is 0 Å². The van der Waals surface area contributed by atoms with Gasteiger partial charge >= 0.3 is 0 Å². The van der Waals surface area contributed by atoms with Crippen molar-refractivity contribution in [2.24, 2.45) is 0 Å². The van der Waals surface area contributed by atoms with Crippen LogP contribution in [0, 0.1) is 0 Å². The zero-order chi connectivity index (χ0) is 12.2. The van der Waals surface area contributed by atoms with Crippen molar-refractivity contribution in [3.8, 4) is 11.5 Å². The lowest BCUT2D eigenvalue weighted by Crippen LogP contribution is -2.07. The van der Waals surface area contributed by atoms with Crippen LogP contribution in [0.2, 0.25) is 0 Å². The normalized spacial score (nSPS) is 24.9. The van der Waals surface area contributed by atoms with Gasteiger partial charge in [-0.2, -0.15) is 0 Å². The van der Waals surface area contributed by atoms with Crippen molar-refractivity contribution in [2.75, 3.05) is 0 Å². The predicted molar refractivity (Wildman–Crippen MR) is 67.1 cm³/mol. The van der Waals surface area contributed by atoms with Crippen LogP contribution in [0.3, 0.4) is 0 Å². The highest BCUT2D eigenvalue weighted by atomic mass is 79.9. The van der Waals surface area contributed by atoms with E-state index in [1.54, 1.807) is 0 Å². The van der Waals surface area contributed by atoms with E-state index in [-0.39, 0.29) is 12.2 Å². The van der Waals surface area contributed by atoms with E-state index in [1.165, 1.54) is 0 Å². The van der Waals surface area contributed by atoms with E-state index in [0.717, 1.165) is 46.2 Å². The Hall–Kier alpha value is -1.03. The molecular formula is C13H13BrO3. The highest BCUT2D eigenvalue weighted by Gasteiger charge is 2.34. The molecule has 90 valence electrons. The summed E-state index contributed by atoms with van der Waals surface area (Å²) < 4.78 is 12.5. The predicted octanol–water partition coefficient (Wildman–Crippen LogP) is 2.91. The monoisotopic (exact) mass is 296 g/mol. The number of rotatable bonds is 1. The minimum absolute atomic E-state index is 0.125. The van der Waals surface area contributed by atoms with Crippen LogP contribution < -0.4 is 9.47 Å². The first-order valence-electron chi connectivity index (χ1n) is 5.77. The molecule has 0 N–H and O–H groups in total. The molecule has 1 aromatic rings. The first-order chi connectivity index (χ1) is 8.11. The van der Waals surface area contributed by atoms with Crippen LogP contribution in [0.1, 0.15) is 35.3 Å². The zero-order valence-electron chi connectivity index (χ0n) is 9.75. The van der Waals surface area contributed by atoms with Gasteiger partial charge in [-0.05, 0) is 29.8 Å². The van der Waals surface area contributed by atoms with Crippen LogP contribution >= 0.6 is 15.9 Å². The molecule has 3 rings (SSSR count). The Bertz CT molecular complexity index is 471. The minimum atomic E-state index is 0.125. The van der Waals surface area contributed by atoms with Gasteiger partial charge < -0.3 is 9.47 Å². The number of ether oxygens (including phenoxy) is 2. The fourth-order valence-electron chi connectivity index (χ4n) is 2.62. The third-order valence-electron chi connectivity index (χ3n) is 3.32. The van der Waals surface area contributed by atoms with E-state index >= 15 is 0 Å². The number of fused-ring (bicyclic) bond motifs is 2. The Balaban J connectivity index is 2.27. The molecule has 2 atom stereocenters. The SMILES string of the molecule is CC1Cc2c(C=O)c3c(c(Br)c2O1)CC(C)O3. The van der Waals surface area contributed by atoms with Crippen molar-refractivity contribution in [3.63, 3.8) is 0 Å². The van der Waals surface area contributed by atoms with E-state index in [4.69, 9.17) is 9.47 Å². The lowest BCUT2D eigenvalue weighted by molar-refractivity contribution is 0.111. The molecule has 0 bridgehead atoms. The molecule has 2 aliphatic heterocycles. The molecule has 1 aromatic carbocycles. The molecule has 0 aliphatic carbocycles. The fraction of sp³-hybridized carbons (Fsp3) is 0.462. The summed E-state index contributed by atoms with van der Waals surface area (Å²) in [6.07, 6.45) is 2.73. The number of hydrogen-bond donors (Lipinski definition) is 0. The summed E-state index contributed by atoms with van der Waals surface area (Å²) in [5.74, 6) is 1.58. The van der Waals surface area contributed by atoms with Gasteiger partial charge in [-0.1, -0.05) is 0 Å². The second kappa shape index (κ2) is 3.73. The number of carbonyl (C=O) groups excluding carboxylic acids is 1. The minimum Gasteiger partial charge on any atom is -0.489 e. The molecule has 2 unspecified atom stereocenters. The fourth-order valence-corrected chi connectivity index (χ4v) is 3.29. The summed E-state index contributed by atoms with van der Waals surface area (Å²) in [5.41, 5.74) is 2.71. The summed E-state index contributed by atoms with van der Waals surface area (Å²) in [6.45, 7) is 4.02. The van der Waals surface area contributed by atoms with Crippen molar-refractivity contribution >= 4 is 22.2 Å².